The van der Waals surface area contributed by atoms with Crippen molar-refractivity contribution in [3.63, 3.8) is 0 Å². The number of esters is 1. The number of hydrogen-bond acceptors (Lipinski definition) is 2. The standard InChI is InChI=1S/C7H13FO2/c1-5(6(2)8)4-7(9)10-3/h5-6H,4H2,1-3H3/t5-,6+/m0/s1. The Balaban J connectivity index is 3.57. The third kappa shape index (κ3) is 3.43. The molecule has 0 bridgehead atoms. The first-order valence-electron chi connectivity index (χ1n) is 3.28. The summed E-state index contributed by atoms with van der Waals surface area (Å²) in [6.07, 6.45) is -0.784. The van der Waals surface area contributed by atoms with E-state index in [1.54, 1.807) is 6.92 Å². The first-order chi connectivity index (χ1) is 4.57. The molecule has 0 spiro atoms. The van der Waals surface area contributed by atoms with Crippen LogP contribution in [0.25, 0.3) is 0 Å². The maximum absolute atomic E-state index is 12.4. The van der Waals surface area contributed by atoms with Gasteiger partial charge in [0.25, 0.3) is 0 Å². The van der Waals surface area contributed by atoms with Gasteiger partial charge in [-0.15, -0.1) is 0 Å². The smallest absolute Gasteiger partial charge is 0.305 e. The lowest BCUT2D eigenvalue weighted by Crippen LogP contribution is -2.14. The topological polar surface area (TPSA) is 26.3 Å². The zero-order chi connectivity index (χ0) is 8.15. The fourth-order valence-electron chi connectivity index (χ4n) is 0.509. The van der Waals surface area contributed by atoms with Crippen molar-refractivity contribution in [1.82, 2.24) is 0 Å². The van der Waals surface area contributed by atoms with Gasteiger partial charge in [-0.3, -0.25) is 4.79 Å². The van der Waals surface area contributed by atoms with Gasteiger partial charge in [-0.05, 0) is 12.8 Å². The minimum absolute atomic E-state index is 0.161. The fourth-order valence-corrected chi connectivity index (χ4v) is 0.509. The third-order valence-corrected chi connectivity index (χ3v) is 1.50. The molecular formula is C7H13FO2. The SMILES string of the molecule is COC(=O)C[C@H](C)[C@@H](C)F. The lowest BCUT2D eigenvalue weighted by atomic mass is 10.0. The van der Waals surface area contributed by atoms with E-state index in [0.717, 1.165) is 0 Å². The van der Waals surface area contributed by atoms with E-state index in [4.69, 9.17) is 0 Å². The molecule has 0 aliphatic carbocycles. The molecule has 2 atom stereocenters. The quantitative estimate of drug-likeness (QED) is 0.567. The molecular weight excluding hydrogens is 135 g/mol. The zero-order valence-electron chi connectivity index (χ0n) is 6.56. The molecule has 0 aliphatic rings. The van der Waals surface area contributed by atoms with Crippen LogP contribution in [0, 0.1) is 5.92 Å². The Morgan fingerprint density at radius 2 is 2.10 bits per heavy atom. The maximum Gasteiger partial charge on any atom is 0.305 e. The van der Waals surface area contributed by atoms with Gasteiger partial charge in [0.1, 0.15) is 6.17 Å². The minimum Gasteiger partial charge on any atom is -0.469 e. The molecule has 0 N–H and O–H groups in total. The van der Waals surface area contributed by atoms with Crippen molar-refractivity contribution < 1.29 is 13.9 Å². The molecule has 0 unspecified atom stereocenters. The Morgan fingerprint density at radius 3 is 2.40 bits per heavy atom. The van der Waals surface area contributed by atoms with Crippen molar-refractivity contribution in [3.8, 4) is 0 Å². The molecule has 0 saturated heterocycles. The summed E-state index contributed by atoms with van der Waals surface area (Å²) in [7, 11) is 1.30. The number of ether oxygens (including phenoxy) is 1. The Hall–Kier alpha value is -0.600. The molecule has 3 heteroatoms. The second-order valence-electron chi connectivity index (χ2n) is 2.44. The van der Waals surface area contributed by atoms with Crippen LogP contribution in [0.5, 0.6) is 0 Å². The number of carbonyl (C=O) groups is 1. The highest BCUT2D eigenvalue weighted by Crippen LogP contribution is 2.11. The highest BCUT2D eigenvalue weighted by atomic mass is 19.1. The monoisotopic (exact) mass is 148 g/mol. The molecule has 0 aromatic rings. The van der Waals surface area contributed by atoms with E-state index in [-0.39, 0.29) is 18.3 Å². The van der Waals surface area contributed by atoms with E-state index in [1.807, 2.05) is 0 Å². The molecule has 0 aliphatic heterocycles. The number of rotatable bonds is 3. The summed E-state index contributed by atoms with van der Waals surface area (Å²) in [6, 6.07) is 0. The summed E-state index contributed by atoms with van der Waals surface area (Å²) in [5, 5.41) is 0. The Bertz CT molecular complexity index is 112. The van der Waals surface area contributed by atoms with Gasteiger partial charge < -0.3 is 4.74 Å². The number of methoxy groups -OCH3 is 1. The van der Waals surface area contributed by atoms with E-state index in [1.165, 1.54) is 14.0 Å². The predicted molar refractivity (Wildman–Crippen MR) is 36.4 cm³/mol. The first-order valence-corrected chi connectivity index (χ1v) is 3.28. The van der Waals surface area contributed by atoms with Crippen LogP contribution in [0.1, 0.15) is 20.3 Å². The van der Waals surface area contributed by atoms with Crippen LogP contribution in [0.3, 0.4) is 0 Å². The zero-order valence-corrected chi connectivity index (χ0v) is 6.56. The van der Waals surface area contributed by atoms with Crippen molar-refractivity contribution in [2.75, 3.05) is 7.11 Å². The summed E-state index contributed by atoms with van der Waals surface area (Å²) < 4.78 is 16.7. The van der Waals surface area contributed by atoms with Gasteiger partial charge in [-0.2, -0.15) is 0 Å². The predicted octanol–water partition coefficient (Wildman–Crippen LogP) is 1.54. The third-order valence-electron chi connectivity index (χ3n) is 1.50. The molecule has 10 heavy (non-hydrogen) atoms. The molecule has 0 aromatic heterocycles. The Kier molecular flexibility index (Phi) is 4.00. The number of hydrogen-bond donors (Lipinski definition) is 0. The molecule has 60 valence electrons. The number of halogens is 1. The second kappa shape index (κ2) is 4.25. The molecule has 0 radical (unpaired) electrons. The summed E-state index contributed by atoms with van der Waals surface area (Å²) in [4.78, 5) is 10.5. The van der Waals surface area contributed by atoms with Gasteiger partial charge in [0, 0.05) is 0 Å². The van der Waals surface area contributed by atoms with Crippen LogP contribution >= 0.6 is 0 Å². The lowest BCUT2D eigenvalue weighted by Gasteiger charge is -2.09. The molecule has 0 amide bonds. The van der Waals surface area contributed by atoms with E-state index in [0.29, 0.717) is 0 Å². The van der Waals surface area contributed by atoms with Crippen LogP contribution in [0.2, 0.25) is 0 Å². The molecule has 0 saturated carbocycles. The molecule has 0 rings (SSSR count). The molecule has 0 aromatic carbocycles. The average Bonchev–Trinajstić information content (AvgIpc) is 1.87. The van der Waals surface area contributed by atoms with Gasteiger partial charge >= 0.3 is 5.97 Å². The van der Waals surface area contributed by atoms with Crippen LogP contribution in [-0.4, -0.2) is 19.3 Å². The van der Waals surface area contributed by atoms with Crippen molar-refractivity contribution in [1.29, 1.82) is 0 Å². The van der Waals surface area contributed by atoms with Gasteiger partial charge in [-0.1, -0.05) is 6.92 Å². The summed E-state index contributed by atoms with van der Waals surface area (Å²) in [6.45, 7) is 3.12. The Morgan fingerprint density at radius 1 is 1.60 bits per heavy atom. The van der Waals surface area contributed by atoms with Gasteiger partial charge in [0.15, 0.2) is 0 Å². The van der Waals surface area contributed by atoms with Crippen LogP contribution in [0.4, 0.5) is 4.39 Å². The average molecular weight is 148 g/mol. The van der Waals surface area contributed by atoms with Crippen LogP contribution in [0.15, 0.2) is 0 Å². The number of carbonyl (C=O) groups excluding carboxylic acids is 1. The lowest BCUT2D eigenvalue weighted by molar-refractivity contribution is -0.142. The van der Waals surface area contributed by atoms with Gasteiger partial charge in [0.2, 0.25) is 0 Å². The van der Waals surface area contributed by atoms with Crippen molar-refractivity contribution in [2.45, 2.75) is 26.4 Å². The summed E-state index contributed by atoms with van der Waals surface area (Å²) in [5.74, 6) is -0.593. The van der Waals surface area contributed by atoms with Crippen LogP contribution < -0.4 is 0 Å². The van der Waals surface area contributed by atoms with Gasteiger partial charge in [0.05, 0.1) is 13.5 Å². The molecule has 2 nitrogen and oxygen atoms in total. The fraction of sp³-hybridized carbons (Fsp3) is 0.857. The minimum atomic E-state index is -0.945. The van der Waals surface area contributed by atoms with E-state index in [2.05, 4.69) is 4.74 Å². The highest BCUT2D eigenvalue weighted by molar-refractivity contribution is 5.69. The summed E-state index contributed by atoms with van der Waals surface area (Å²) >= 11 is 0. The largest absolute Gasteiger partial charge is 0.469 e. The maximum atomic E-state index is 12.4. The van der Waals surface area contributed by atoms with E-state index < -0.39 is 6.17 Å². The Labute approximate surface area is 60.4 Å². The molecule has 0 fully saturated rings. The van der Waals surface area contributed by atoms with E-state index >= 15 is 0 Å². The van der Waals surface area contributed by atoms with Crippen molar-refractivity contribution in [2.24, 2.45) is 5.92 Å². The number of alkyl halides is 1. The van der Waals surface area contributed by atoms with Crippen molar-refractivity contribution in [3.05, 3.63) is 0 Å². The van der Waals surface area contributed by atoms with Crippen LogP contribution in [-0.2, 0) is 9.53 Å². The van der Waals surface area contributed by atoms with E-state index in [9.17, 15) is 9.18 Å². The first kappa shape index (κ1) is 9.40. The van der Waals surface area contributed by atoms with Gasteiger partial charge in [-0.25, -0.2) is 4.39 Å². The summed E-state index contributed by atoms with van der Waals surface area (Å²) in [5.41, 5.74) is 0. The highest BCUT2D eigenvalue weighted by Gasteiger charge is 2.14. The second-order valence-corrected chi connectivity index (χ2v) is 2.44. The van der Waals surface area contributed by atoms with Crippen molar-refractivity contribution >= 4 is 5.97 Å². The normalized spacial score (nSPS) is 16.0. The molecule has 0 heterocycles.